The lowest BCUT2D eigenvalue weighted by molar-refractivity contribution is -0.153. The van der Waals surface area contributed by atoms with E-state index in [1.165, 1.54) is 13.8 Å². The molecule has 0 heterocycles. The normalized spacial score (nSPS) is 13.5. The molecule has 0 aromatic heterocycles. The third-order valence-electron chi connectivity index (χ3n) is 2.53. The molecule has 0 spiro atoms. The SMILES string of the molecule is CC(C)(C(=O)O)C(O)c1ccccc1N. The fourth-order valence-electron chi connectivity index (χ4n) is 1.27. The molecule has 4 N–H and O–H groups in total. The smallest absolute Gasteiger partial charge is 0.312 e. The van der Waals surface area contributed by atoms with Gasteiger partial charge in [-0.3, -0.25) is 4.79 Å². The minimum Gasteiger partial charge on any atom is -0.481 e. The minimum absolute atomic E-state index is 0.402. The molecule has 0 aliphatic rings. The lowest BCUT2D eigenvalue weighted by atomic mass is 9.82. The zero-order valence-electron chi connectivity index (χ0n) is 8.77. The molecule has 0 aliphatic heterocycles. The Kier molecular flexibility index (Phi) is 3.00. The summed E-state index contributed by atoms with van der Waals surface area (Å²) in [6.45, 7) is 2.93. The van der Waals surface area contributed by atoms with Crippen molar-refractivity contribution in [3.8, 4) is 0 Å². The molecule has 0 radical (unpaired) electrons. The van der Waals surface area contributed by atoms with Crippen LogP contribution in [0.3, 0.4) is 0 Å². The van der Waals surface area contributed by atoms with E-state index in [1.54, 1.807) is 24.3 Å². The number of para-hydroxylation sites is 1. The monoisotopic (exact) mass is 209 g/mol. The van der Waals surface area contributed by atoms with E-state index in [1.807, 2.05) is 0 Å². The molecule has 1 atom stereocenters. The van der Waals surface area contributed by atoms with E-state index < -0.39 is 17.5 Å². The molecule has 15 heavy (non-hydrogen) atoms. The highest BCUT2D eigenvalue weighted by Crippen LogP contribution is 2.35. The zero-order chi connectivity index (χ0) is 11.6. The van der Waals surface area contributed by atoms with Crippen molar-refractivity contribution >= 4 is 11.7 Å². The van der Waals surface area contributed by atoms with Crippen LogP contribution in [-0.2, 0) is 4.79 Å². The lowest BCUT2D eigenvalue weighted by Gasteiger charge is -2.26. The molecular formula is C11H15NO3. The summed E-state index contributed by atoms with van der Waals surface area (Å²) in [6, 6.07) is 6.72. The Balaban J connectivity index is 3.10. The quantitative estimate of drug-likeness (QED) is 0.657. The number of aliphatic hydroxyl groups excluding tert-OH is 1. The fraction of sp³-hybridized carbons (Fsp3) is 0.364. The standard InChI is InChI=1S/C11H15NO3/c1-11(2,10(14)15)9(13)7-5-3-4-6-8(7)12/h3-6,9,13H,12H2,1-2H3,(H,14,15). The van der Waals surface area contributed by atoms with Crippen molar-refractivity contribution in [2.75, 3.05) is 5.73 Å². The highest BCUT2D eigenvalue weighted by atomic mass is 16.4. The van der Waals surface area contributed by atoms with Gasteiger partial charge in [0.1, 0.15) is 0 Å². The van der Waals surface area contributed by atoms with Crippen molar-refractivity contribution in [2.24, 2.45) is 5.41 Å². The molecule has 0 aliphatic carbocycles. The van der Waals surface area contributed by atoms with Gasteiger partial charge in [-0.25, -0.2) is 0 Å². The van der Waals surface area contributed by atoms with E-state index in [2.05, 4.69) is 0 Å². The van der Waals surface area contributed by atoms with E-state index >= 15 is 0 Å². The summed E-state index contributed by atoms with van der Waals surface area (Å²) in [5, 5.41) is 18.9. The van der Waals surface area contributed by atoms with E-state index in [-0.39, 0.29) is 0 Å². The van der Waals surface area contributed by atoms with Crippen molar-refractivity contribution in [2.45, 2.75) is 20.0 Å². The summed E-state index contributed by atoms with van der Waals surface area (Å²) in [5.41, 5.74) is 5.26. The number of benzene rings is 1. The highest BCUT2D eigenvalue weighted by molar-refractivity contribution is 5.75. The van der Waals surface area contributed by atoms with E-state index in [0.717, 1.165) is 0 Å². The van der Waals surface area contributed by atoms with E-state index in [0.29, 0.717) is 11.3 Å². The summed E-state index contributed by atoms with van der Waals surface area (Å²) in [7, 11) is 0. The predicted molar refractivity (Wildman–Crippen MR) is 57.2 cm³/mol. The zero-order valence-corrected chi connectivity index (χ0v) is 8.77. The second-order valence-electron chi connectivity index (χ2n) is 4.06. The number of nitrogens with two attached hydrogens (primary N) is 1. The Labute approximate surface area is 88.3 Å². The van der Waals surface area contributed by atoms with E-state index in [4.69, 9.17) is 10.8 Å². The van der Waals surface area contributed by atoms with Crippen LogP contribution in [0.1, 0.15) is 25.5 Å². The van der Waals surface area contributed by atoms with Crippen molar-refractivity contribution < 1.29 is 15.0 Å². The molecule has 1 rings (SSSR count). The number of carboxylic acids is 1. The summed E-state index contributed by atoms with van der Waals surface area (Å²) < 4.78 is 0. The van der Waals surface area contributed by atoms with Gasteiger partial charge in [0.2, 0.25) is 0 Å². The molecule has 4 heteroatoms. The maximum absolute atomic E-state index is 10.9. The van der Waals surface area contributed by atoms with E-state index in [9.17, 15) is 9.90 Å². The number of carbonyl (C=O) groups is 1. The number of hydrogen-bond acceptors (Lipinski definition) is 3. The Morgan fingerprint density at radius 1 is 1.40 bits per heavy atom. The molecule has 0 fully saturated rings. The average Bonchev–Trinajstić information content (AvgIpc) is 2.17. The van der Waals surface area contributed by atoms with Gasteiger partial charge >= 0.3 is 5.97 Å². The van der Waals surface area contributed by atoms with Crippen molar-refractivity contribution in [3.63, 3.8) is 0 Å². The van der Waals surface area contributed by atoms with Crippen molar-refractivity contribution in [3.05, 3.63) is 29.8 Å². The van der Waals surface area contributed by atoms with Crippen LogP contribution in [0.25, 0.3) is 0 Å². The van der Waals surface area contributed by atoms with Crippen LogP contribution in [0.4, 0.5) is 5.69 Å². The first-order chi connectivity index (χ1) is 6.87. The van der Waals surface area contributed by atoms with Gasteiger partial charge in [0.05, 0.1) is 11.5 Å². The Morgan fingerprint density at radius 2 is 1.93 bits per heavy atom. The van der Waals surface area contributed by atoms with Crippen LogP contribution in [0.15, 0.2) is 24.3 Å². The second kappa shape index (κ2) is 3.90. The molecule has 1 unspecified atom stereocenters. The Bertz CT molecular complexity index is 374. The van der Waals surface area contributed by atoms with Gasteiger partial charge in [0.15, 0.2) is 0 Å². The van der Waals surface area contributed by atoms with Gasteiger partial charge in [-0.05, 0) is 19.9 Å². The number of nitrogen functional groups attached to an aromatic ring is 1. The number of aliphatic hydroxyl groups is 1. The number of carboxylic acid groups (broad SMARTS) is 1. The number of anilines is 1. The molecule has 4 nitrogen and oxygen atoms in total. The number of aliphatic carboxylic acids is 1. The summed E-state index contributed by atoms with van der Waals surface area (Å²) in [6.07, 6.45) is -1.11. The first-order valence-electron chi connectivity index (χ1n) is 4.63. The van der Waals surface area contributed by atoms with Gasteiger partial charge in [-0.15, -0.1) is 0 Å². The van der Waals surface area contributed by atoms with Gasteiger partial charge in [0.25, 0.3) is 0 Å². The van der Waals surface area contributed by atoms with Crippen molar-refractivity contribution in [1.29, 1.82) is 0 Å². The topological polar surface area (TPSA) is 83.5 Å². The highest BCUT2D eigenvalue weighted by Gasteiger charge is 2.37. The van der Waals surface area contributed by atoms with Crippen LogP contribution < -0.4 is 5.73 Å². The van der Waals surface area contributed by atoms with Crippen LogP contribution in [0.5, 0.6) is 0 Å². The summed E-state index contributed by atoms with van der Waals surface area (Å²) in [5.74, 6) is -1.06. The first kappa shape index (κ1) is 11.5. The third-order valence-corrected chi connectivity index (χ3v) is 2.53. The molecule has 1 aromatic carbocycles. The minimum atomic E-state index is -1.25. The van der Waals surface area contributed by atoms with Crippen molar-refractivity contribution in [1.82, 2.24) is 0 Å². The summed E-state index contributed by atoms with van der Waals surface area (Å²) >= 11 is 0. The van der Waals surface area contributed by atoms with Gasteiger partial charge in [0, 0.05) is 11.3 Å². The van der Waals surface area contributed by atoms with Crippen LogP contribution in [0.2, 0.25) is 0 Å². The maximum atomic E-state index is 10.9. The van der Waals surface area contributed by atoms with Gasteiger partial charge in [-0.1, -0.05) is 18.2 Å². The van der Waals surface area contributed by atoms with Gasteiger partial charge < -0.3 is 15.9 Å². The molecule has 0 amide bonds. The second-order valence-corrected chi connectivity index (χ2v) is 4.06. The Morgan fingerprint density at radius 3 is 2.40 bits per heavy atom. The lowest BCUT2D eigenvalue weighted by Crippen LogP contribution is -2.31. The first-order valence-corrected chi connectivity index (χ1v) is 4.63. The van der Waals surface area contributed by atoms with Crippen LogP contribution in [-0.4, -0.2) is 16.2 Å². The fourth-order valence-corrected chi connectivity index (χ4v) is 1.27. The molecular weight excluding hydrogens is 194 g/mol. The number of rotatable bonds is 3. The Hall–Kier alpha value is -1.55. The molecule has 0 bridgehead atoms. The molecule has 1 aromatic rings. The third kappa shape index (κ3) is 2.10. The van der Waals surface area contributed by atoms with Gasteiger partial charge in [-0.2, -0.15) is 0 Å². The van der Waals surface area contributed by atoms with Crippen LogP contribution in [0, 0.1) is 5.41 Å². The number of hydrogen-bond donors (Lipinski definition) is 3. The van der Waals surface area contributed by atoms with Crippen LogP contribution >= 0.6 is 0 Å². The average molecular weight is 209 g/mol. The predicted octanol–water partition coefficient (Wildman–Crippen LogP) is 1.41. The molecule has 82 valence electrons. The molecule has 0 saturated carbocycles. The largest absolute Gasteiger partial charge is 0.481 e. The maximum Gasteiger partial charge on any atom is 0.312 e. The summed E-state index contributed by atoms with van der Waals surface area (Å²) in [4.78, 5) is 10.9. The molecule has 0 saturated heterocycles.